The highest BCUT2D eigenvalue weighted by molar-refractivity contribution is 7.19. The van der Waals surface area contributed by atoms with Crippen LogP contribution in [0, 0.1) is 5.92 Å². The number of fused-ring (bicyclic) bond motifs is 2. The largest absolute Gasteiger partial charge is 0.465 e. The van der Waals surface area contributed by atoms with E-state index in [1.807, 2.05) is 32.2 Å². The maximum absolute atomic E-state index is 13.0. The summed E-state index contributed by atoms with van der Waals surface area (Å²) in [7, 11) is 2.73. The Morgan fingerprint density at radius 2 is 2.10 bits per heavy atom. The molecule has 30 heavy (non-hydrogen) atoms. The second-order valence-electron chi connectivity index (χ2n) is 7.61. The molecule has 9 heteroatoms. The molecule has 0 atom stereocenters. The summed E-state index contributed by atoms with van der Waals surface area (Å²) in [5, 5.41) is 1.18. The van der Waals surface area contributed by atoms with Crippen LogP contribution in [0.2, 0.25) is 0 Å². The molecule has 0 amide bonds. The van der Waals surface area contributed by atoms with Crippen LogP contribution in [0.15, 0.2) is 34.1 Å². The molecule has 8 nitrogen and oxygen atoms in total. The lowest BCUT2D eigenvalue weighted by Crippen LogP contribution is -2.38. The summed E-state index contributed by atoms with van der Waals surface area (Å²) in [5.41, 5.74) is 1.05. The molecule has 0 saturated carbocycles. The first-order valence-corrected chi connectivity index (χ1v) is 10.4. The van der Waals surface area contributed by atoms with Crippen molar-refractivity contribution >= 4 is 38.6 Å². The zero-order chi connectivity index (χ0) is 21.6. The lowest BCUT2D eigenvalue weighted by molar-refractivity contribution is 0.0602. The molecule has 0 aliphatic heterocycles. The average molecular weight is 426 g/mol. The summed E-state index contributed by atoms with van der Waals surface area (Å²) in [6.07, 6.45) is 3.97. The number of hydrogen-bond donors (Lipinski definition) is 1. The first kappa shape index (κ1) is 20.1. The molecule has 0 aromatic carbocycles. The SMILES string of the molecule is COC(=O)c1c(Cc2c[nH]c3ncccc23)sc2c1c(=O)n(C)c(=O)n2CC(C)C. The molecular weight excluding hydrogens is 404 g/mol. The Morgan fingerprint density at radius 3 is 2.80 bits per heavy atom. The van der Waals surface area contributed by atoms with Crippen LogP contribution in [-0.2, 0) is 24.8 Å². The number of aromatic amines is 1. The number of H-pyrrole nitrogens is 1. The number of nitrogens with zero attached hydrogens (tertiary/aromatic N) is 3. The molecule has 4 aromatic rings. The van der Waals surface area contributed by atoms with Crippen LogP contribution < -0.4 is 11.2 Å². The molecule has 1 N–H and O–H groups in total. The predicted octanol–water partition coefficient (Wildman–Crippen LogP) is 2.67. The maximum Gasteiger partial charge on any atom is 0.339 e. The molecule has 0 spiro atoms. The summed E-state index contributed by atoms with van der Waals surface area (Å²) in [6.45, 7) is 4.44. The van der Waals surface area contributed by atoms with Gasteiger partial charge in [0.15, 0.2) is 0 Å². The number of rotatable bonds is 5. The lowest BCUT2D eigenvalue weighted by Gasteiger charge is -2.11. The summed E-state index contributed by atoms with van der Waals surface area (Å²) in [5.74, 6) is -0.392. The van der Waals surface area contributed by atoms with E-state index in [-0.39, 0.29) is 22.6 Å². The molecule has 4 rings (SSSR count). The highest BCUT2D eigenvalue weighted by Gasteiger charge is 2.26. The average Bonchev–Trinajstić information content (AvgIpc) is 3.31. The van der Waals surface area contributed by atoms with Crippen LogP contribution >= 0.6 is 11.3 Å². The molecular formula is C21H22N4O4S. The number of aromatic nitrogens is 4. The summed E-state index contributed by atoms with van der Waals surface area (Å²) < 4.78 is 7.65. The third-order valence-electron chi connectivity index (χ3n) is 5.07. The normalized spacial score (nSPS) is 11.6. The minimum Gasteiger partial charge on any atom is -0.465 e. The monoisotopic (exact) mass is 426 g/mol. The van der Waals surface area contributed by atoms with Gasteiger partial charge in [0.2, 0.25) is 0 Å². The van der Waals surface area contributed by atoms with Gasteiger partial charge in [-0.2, -0.15) is 0 Å². The number of methoxy groups -OCH3 is 1. The topological polar surface area (TPSA) is 99.0 Å². The first-order valence-electron chi connectivity index (χ1n) is 9.58. The van der Waals surface area contributed by atoms with Crippen LogP contribution in [0.25, 0.3) is 21.3 Å². The molecule has 0 saturated heterocycles. The fourth-order valence-electron chi connectivity index (χ4n) is 3.68. The second-order valence-corrected chi connectivity index (χ2v) is 8.70. The van der Waals surface area contributed by atoms with Crippen LogP contribution in [0.3, 0.4) is 0 Å². The Morgan fingerprint density at radius 1 is 1.33 bits per heavy atom. The van der Waals surface area contributed by atoms with Gasteiger partial charge in [-0.1, -0.05) is 13.8 Å². The van der Waals surface area contributed by atoms with Gasteiger partial charge in [0.1, 0.15) is 10.5 Å². The van der Waals surface area contributed by atoms with Crippen molar-refractivity contribution in [2.24, 2.45) is 13.0 Å². The van der Waals surface area contributed by atoms with Crippen molar-refractivity contribution in [2.75, 3.05) is 7.11 Å². The predicted molar refractivity (Wildman–Crippen MR) is 116 cm³/mol. The van der Waals surface area contributed by atoms with Gasteiger partial charge in [0.05, 0.1) is 18.1 Å². The van der Waals surface area contributed by atoms with Gasteiger partial charge in [-0.15, -0.1) is 11.3 Å². The highest BCUT2D eigenvalue weighted by Crippen LogP contribution is 2.32. The first-order chi connectivity index (χ1) is 14.3. The Balaban J connectivity index is 2.02. The third kappa shape index (κ3) is 3.15. The van der Waals surface area contributed by atoms with Crippen LogP contribution in [0.5, 0.6) is 0 Å². The van der Waals surface area contributed by atoms with Gasteiger partial charge in [-0.25, -0.2) is 14.6 Å². The number of carbonyl (C=O) groups is 1. The van der Waals surface area contributed by atoms with E-state index in [4.69, 9.17) is 4.74 Å². The lowest BCUT2D eigenvalue weighted by atomic mass is 10.1. The van der Waals surface area contributed by atoms with E-state index in [0.717, 1.165) is 21.2 Å². The third-order valence-corrected chi connectivity index (χ3v) is 6.28. The van der Waals surface area contributed by atoms with Crippen molar-refractivity contribution < 1.29 is 9.53 Å². The molecule has 0 radical (unpaired) electrons. The minimum atomic E-state index is -0.582. The quantitative estimate of drug-likeness (QED) is 0.495. The van der Waals surface area contributed by atoms with E-state index in [0.29, 0.717) is 22.7 Å². The van der Waals surface area contributed by atoms with Gasteiger partial charge in [-0.3, -0.25) is 13.9 Å². The van der Waals surface area contributed by atoms with Gasteiger partial charge in [0.25, 0.3) is 5.56 Å². The minimum absolute atomic E-state index is 0.190. The summed E-state index contributed by atoms with van der Waals surface area (Å²) >= 11 is 1.29. The molecule has 0 bridgehead atoms. The van der Waals surface area contributed by atoms with Crippen molar-refractivity contribution in [3.8, 4) is 0 Å². The zero-order valence-electron chi connectivity index (χ0n) is 17.2. The fraction of sp³-hybridized carbons (Fsp3) is 0.333. The van der Waals surface area contributed by atoms with Gasteiger partial charge >= 0.3 is 11.7 Å². The summed E-state index contributed by atoms with van der Waals surface area (Å²) in [6, 6.07) is 3.80. The number of pyridine rings is 1. The molecule has 0 aliphatic carbocycles. The van der Waals surface area contributed by atoms with Crippen molar-refractivity contribution in [1.82, 2.24) is 19.1 Å². The molecule has 0 aliphatic rings. The zero-order valence-corrected chi connectivity index (χ0v) is 18.0. The van der Waals surface area contributed by atoms with Crippen molar-refractivity contribution in [1.29, 1.82) is 0 Å². The van der Waals surface area contributed by atoms with Crippen molar-refractivity contribution in [3.05, 3.63) is 61.4 Å². The van der Waals surface area contributed by atoms with Crippen LogP contribution in [-0.4, -0.2) is 32.2 Å². The standard InChI is InChI=1S/C21H22N4O4S/c1-11(2)10-25-19-16(18(26)24(3)21(25)28)15(20(27)29-4)14(30-19)8-12-9-23-17-13(12)6-5-7-22-17/h5-7,9,11H,8,10H2,1-4H3,(H,22,23). The van der Waals surface area contributed by atoms with Gasteiger partial charge in [0, 0.05) is 42.7 Å². The van der Waals surface area contributed by atoms with Crippen molar-refractivity contribution in [3.63, 3.8) is 0 Å². The number of hydrogen-bond acceptors (Lipinski definition) is 6. The Bertz CT molecular complexity index is 1390. The second kappa shape index (κ2) is 7.56. The van der Waals surface area contributed by atoms with E-state index in [9.17, 15) is 14.4 Å². The van der Waals surface area contributed by atoms with E-state index in [1.165, 1.54) is 25.5 Å². The van der Waals surface area contributed by atoms with E-state index >= 15 is 0 Å². The molecule has 4 heterocycles. The number of ether oxygens (including phenoxy) is 1. The maximum atomic E-state index is 13.0. The summed E-state index contributed by atoms with van der Waals surface area (Å²) in [4.78, 5) is 47.1. The number of carbonyl (C=O) groups excluding carboxylic acids is 1. The van der Waals surface area contributed by atoms with Crippen LogP contribution in [0.4, 0.5) is 0 Å². The molecule has 0 fully saturated rings. The Kier molecular flexibility index (Phi) is 5.07. The number of nitrogens with one attached hydrogen (secondary N) is 1. The van der Waals surface area contributed by atoms with E-state index < -0.39 is 11.5 Å². The van der Waals surface area contributed by atoms with Gasteiger partial charge < -0.3 is 9.72 Å². The Labute approximate surface area is 175 Å². The van der Waals surface area contributed by atoms with E-state index in [1.54, 1.807) is 10.8 Å². The molecule has 156 valence electrons. The van der Waals surface area contributed by atoms with Gasteiger partial charge in [-0.05, 0) is 23.6 Å². The van der Waals surface area contributed by atoms with E-state index in [2.05, 4.69) is 9.97 Å². The fourth-order valence-corrected chi connectivity index (χ4v) is 4.98. The van der Waals surface area contributed by atoms with Crippen molar-refractivity contribution in [2.45, 2.75) is 26.8 Å². The number of esters is 1. The highest BCUT2D eigenvalue weighted by atomic mass is 32.1. The molecule has 0 unspecified atom stereocenters. The van der Waals surface area contributed by atoms with Crippen LogP contribution in [0.1, 0.15) is 34.6 Å². The Hall–Kier alpha value is -3.20. The smallest absolute Gasteiger partial charge is 0.339 e. The number of thiophene rings is 1. The molecule has 4 aromatic heterocycles.